The monoisotopic (exact) mass is 493 g/mol. The Kier molecular flexibility index (Phi) is 9.85. The summed E-state index contributed by atoms with van der Waals surface area (Å²) in [5.41, 5.74) is 0. The highest BCUT2D eigenvalue weighted by molar-refractivity contribution is 4.84. The SMILES string of the molecule is CC1CCC(CNC2NC(OCC(F)(F)F)NC(N3CCC(OCC4CCCCC4)CC3)N2)O1. The average Bonchev–Trinajstić information content (AvgIpc) is 3.26. The lowest BCUT2D eigenvalue weighted by Crippen LogP contribution is -2.76. The Hall–Kier alpha value is -0.530. The van der Waals surface area contributed by atoms with E-state index < -0.39 is 25.4 Å². The van der Waals surface area contributed by atoms with Gasteiger partial charge in [-0.05, 0) is 51.4 Å². The number of alkyl halides is 3. The van der Waals surface area contributed by atoms with Crippen molar-refractivity contribution in [2.45, 2.75) is 108 Å². The van der Waals surface area contributed by atoms with Crippen LogP contribution in [0, 0.1) is 5.92 Å². The normalized spacial score (nSPS) is 35.1. The summed E-state index contributed by atoms with van der Waals surface area (Å²) in [6.07, 6.45) is 4.98. The molecule has 0 aromatic rings. The lowest BCUT2D eigenvalue weighted by atomic mass is 9.90. The highest BCUT2D eigenvalue weighted by Crippen LogP contribution is 2.25. The Morgan fingerprint density at radius 1 is 0.941 bits per heavy atom. The molecule has 3 saturated heterocycles. The summed E-state index contributed by atoms with van der Waals surface area (Å²) in [4.78, 5) is 2.22. The van der Waals surface area contributed by atoms with Gasteiger partial charge in [-0.25, -0.2) is 0 Å². The molecule has 0 radical (unpaired) electrons. The molecule has 3 aliphatic heterocycles. The number of likely N-dealkylation sites (tertiary alicyclic amines) is 1. The largest absolute Gasteiger partial charge is 0.411 e. The van der Waals surface area contributed by atoms with Crippen molar-refractivity contribution >= 4 is 0 Å². The van der Waals surface area contributed by atoms with Crippen molar-refractivity contribution in [2.24, 2.45) is 5.92 Å². The third kappa shape index (κ3) is 8.55. The van der Waals surface area contributed by atoms with Crippen molar-refractivity contribution in [1.82, 2.24) is 26.2 Å². The van der Waals surface area contributed by atoms with Gasteiger partial charge in [-0.15, -0.1) is 0 Å². The lowest BCUT2D eigenvalue weighted by molar-refractivity contribution is -0.202. The second kappa shape index (κ2) is 12.6. The van der Waals surface area contributed by atoms with Crippen LogP contribution in [0.3, 0.4) is 0 Å². The molecule has 34 heavy (non-hydrogen) atoms. The van der Waals surface area contributed by atoms with E-state index in [0.29, 0.717) is 12.5 Å². The summed E-state index contributed by atoms with van der Waals surface area (Å²) >= 11 is 0. The standard InChI is InChI=1S/C23H42F3N5O3/c1-16-7-8-19(34-16)13-27-20-28-21(30-22(29-20)33-15-23(24,25)26)31-11-9-18(10-12-31)32-14-17-5-3-2-4-6-17/h16-22,27-30H,2-15H2,1H3. The molecule has 5 unspecified atom stereocenters. The second-order valence-electron chi connectivity index (χ2n) is 10.3. The first-order chi connectivity index (χ1) is 16.3. The molecule has 198 valence electrons. The van der Waals surface area contributed by atoms with E-state index in [2.05, 4.69) is 33.1 Å². The molecule has 1 aliphatic carbocycles. The fraction of sp³-hybridized carbons (Fsp3) is 1.00. The minimum Gasteiger partial charge on any atom is -0.378 e. The van der Waals surface area contributed by atoms with Crippen LogP contribution in [0.2, 0.25) is 0 Å². The average molecular weight is 494 g/mol. The number of rotatable bonds is 9. The quantitative estimate of drug-likeness (QED) is 0.390. The Labute approximate surface area is 201 Å². The zero-order chi connectivity index (χ0) is 24.0. The lowest BCUT2D eigenvalue weighted by Gasteiger charge is -2.45. The van der Waals surface area contributed by atoms with Gasteiger partial charge < -0.3 is 14.2 Å². The van der Waals surface area contributed by atoms with Gasteiger partial charge in [0, 0.05) is 26.2 Å². The third-order valence-electron chi connectivity index (χ3n) is 7.37. The molecule has 4 rings (SSSR count). The van der Waals surface area contributed by atoms with Crippen LogP contribution in [0.1, 0.15) is 64.7 Å². The number of ether oxygens (including phenoxy) is 3. The maximum absolute atomic E-state index is 12.7. The summed E-state index contributed by atoms with van der Waals surface area (Å²) in [5, 5.41) is 12.9. The fourth-order valence-electron chi connectivity index (χ4n) is 5.41. The minimum absolute atomic E-state index is 0.110. The summed E-state index contributed by atoms with van der Waals surface area (Å²) in [7, 11) is 0. The molecule has 4 aliphatic rings. The van der Waals surface area contributed by atoms with Crippen LogP contribution in [0.4, 0.5) is 13.2 Å². The zero-order valence-electron chi connectivity index (χ0n) is 20.2. The molecule has 11 heteroatoms. The van der Waals surface area contributed by atoms with E-state index in [0.717, 1.165) is 45.4 Å². The van der Waals surface area contributed by atoms with Crippen molar-refractivity contribution in [1.29, 1.82) is 0 Å². The molecular formula is C23H42F3N5O3. The number of nitrogens with zero attached hydrogens (tertiary/aromatic N) is 1. The van der Waals surface area contributed by atoms with Crippen molar-refractivity contribution in [3.63, 3.8) is 0 Å². The van der Waals surface area contributed by atoms with Crippen LogP contribution in [-0.4, -0.2) is 81.2 Å². The van der Waals surface area contributed by atoms with Crippen molar-refractivity contribution < 1.29 is 27.4 Å². The first kappa shape index (κ1) is 26.5. The number of hydrogen-bond donors (Lipinski definition) is 4. The van der Waals surface area contributed by atoms with Gasteiger partial charge in [-0.3, -0.25) is 26.2 Å². The van der Waals surface area contributed by atoms with E-state index in [9.17, 15) is 13.2 Å². The highest BCUT2D eigenvalue weighted by Gasteiger charge is 2.36. The first-order valence-electron chi connectivity index (χ1n) is 13.0. The Morgan fingerprint density at radius 2 is 1.71 bits per heavy atom. The molecule has 4 fully saturated rings. The van der Waals surface area contributed by atoms with Crippen molar-refractivity contribution in [3.8, 4) is 0 Å². The molecule has 8 nitrogen and oxygen atoms in total. The van der Waals surface area contributed by atoms with E-state index in [1.807, 2.05) is 0 Å². The van der Waals surface area contributed by atoms with Crippen LogP contribution in [0.25, 0.3) is 0 Å². The third-order valence-corrected chi connectivity index (χ3v) is 7.37. The zero-order valence-corrected chi connectivity index (χ0v) is 20.2. The molecule has 0 spiro atoms. The van der Waals surface area contributed by atoms with Crippen LogP contribution in [-0.2, 0) is 14.2 Å². The molecule has 3 heterocycles. The van der Waals surface area contributed by atoms with Gasteiger partial charge in [0.05, 0.1) is 18.3 Å². The van der Waals surface area contributed by atoms with Gasteiger partial charge in [-0.1, -0.05) is 19.3 Å². The molecule has 1 saturated carbocycles. The molecular weight excluding hydrogens is 451 g/mol. The predicted octanol–water partition coefficient (Wildman–Crippen LogP) is 2.42. The van der Waals surface area contributed by atoms with Gasteiger partial charge >= 0.3 is 6.18 Å². The van der Waals surface area contributed by atoms with E-state index in [1.165, 1.54) is 32.1 Å². The van der Waals surface area contributed by atoms with Gasteiger partial charge in [-0.2, -0.15) is 13.2 Å². The van der Waals surface area contributed by atoms with Crippen LogP contribution in [0.15, 0.2) is 0 Å². The molecule has 0 aromatic heterocycles. The minimum atomic E-state index is -4.38. The Balaban J connectivity index is 1.24. The summed E-state index contributed by atoms with van der Waals surface area (Å²) in [6, 6.07) is 0. The highest BCUT2D eigenvalue weighted by atomic mass is 19.4. The van der Waals surface area contributed by atoms with E-state index >= 15 is 0 Å². The van der Waals surface area contributed by atoms with E-state index in [1.54, 1.807) is 0 Å². The topological polar surface area (TPSA) is 79.1 Å². The van der Waals surface area contributed by atoms with Gasteiger partial charge in [0.25, 0.3) is 0 Å². The summed E-state index contributed by atoms with van der Waals surface area (Å²) in [5.74, 6) is 0.699. The fourth-order valence-corrected chi connectivity index (χ4v) is 5.41. The molecule has 0 bridgehead atoms. The maximum atomic E-state index is 12.7. The molecule has 0 amide bonds. The molecule has 5 atom stereocenters. The van der Waals surface area contributed by atoms with Crippen LogP contribution in [0.5, 0.6) is 0 Å². The molecule has 0 aromatic carbocycles. The van der Waals surface area contributed by atoms with Crippen molar-refractivity contribution in [3.05, 3.63) is 0 Å². The number of halogens is 3. The van der Waals surface area contributed by atoms with E-state index in [4.69, 9.17) is 14.2 Å². The number of piperidine rings is 1. The van der Waals surface area contributed by atoms with Gasteiger partial charge in [0.1, 0.15) is 19.2 Å². The van der Waals surface area contributed by atoms with Crippen LogP contribution >= 0.6 is 0 Å². The second-order valence-corrected chi connectivity index (χ2v) is 10.3. The summed E-state index contributed by atoms with van der Waals surface area (Å²) in [6.45, 7) is 3.84. The van der Waals surface area contributed by atoms with E-state index in [-0.39, 0.29) is 24.6 Å². The number of hydrogen-bond acceptors (Lipinski definition) is 8. The van der Waals surface area contributed by atoms with Gasteiger partial charge in [0.15, 0.2) is 6.35 Å². The van der Waals surface area contributed by atoms with Gasteiger partial charge in [0.2, 0.25) is 0 Å². The Bertz CT molecular complexity index is 603. The Morgan fingerprint density at radius 3 is 2.38 bits per heavy atom. The smallest absolute Gasteiger partial charge is 0.378 e. The van der Waals surface area contributed by atoms with Crippen molar-refractivity contribution in [2.75, 3.05) is 32.8 Å². The summed E-state index contributed by atoms with van der Waals surface area (Å²) < 4.78 is 55.4. The van der Waals surface area contributed by atoms with Crippen LogP contribution < -0.4 is 21.3 Å². The maximum Gasteiger partial charge on any atom is 0.411 e. The first-order valence-corrected chi connectivity index (χ1v) is 13.0. The molecule has 4 N–H and O–H groups in total. The predicted molar refractivity (Wildman–Crippen MR) is 121 cm³/mol. The number of nitrogens with one attached hydrogen (secondary N) is 4.